The molecular formula is C26H27N3O2. The van der Waals surface area contributed by atoms with E-state index < -0.39 is 12.0 Å². The third-order valence-corrected chi connectivity index (χ3v) is 5.47. The molecule has 2 N–H and O–H groups in total. The number of nitrogens with zero attached hydrogens (tertiary/aromatic N) is 2. The molecule has 158 valence electrons. The maximum atomic E-state index is 11.8. The molecule has 0 aliphatic heterocycles. The Morgan fingerprint density at radius 2 is 1.71 bits per heavy atom. The molecule has 5 nitrogen and oxygen atoms in total. The van der Waals surface area contributed by atoms with Crippen LogP contribution in [-0.2, 0) is 17.8 Å². The van der Waals surface area contributed by atoms with Gasteiger partial charge in [-0.15, -0.1) is 0 Å². The van der Waals surface area contributed by atoms with Crippen molar-refractivity contribution in [2.45, 2.75) is 38.8 Å². The van der Waals surface area contributed by atoms with Gasteiger partial charge in [-0.25, -0.2) is 9.78 Å². The van der Waals surface area contributed by atoms with E-state index in [2.05, 4.69) is 28.9 Å². The molecular weight excluding hydrogens is 386 g/mol. The monoisotopic (exact) mass is 413 g/mol. The molecule has 0 fully saturated rings. The smallest absolute Gasteiger partial charge is 0.330 e. The van der Waals surface area contributed by atoms with Gasteiger partial charge >= 0.3 is 5.97 Å². The number of carboxylic acids is 1. The number of fused-ring (bicyclic) bond motifs is 1. The first-order chi connectivity index (χ1) is 15.2. The molecule has 1 unspecified atom stereocenters. The van der Waals surface area contributed by atoms with E-state index in [0.29, 0.717) is 0 Å². The third kappa shape index (κ3) is 4.77. The van der Waals surface area contributed by atoms with Crippen LogP contribution in [0.5, 0.6) is 0 Å². The Bertz CT molecular complexity index is 1150. The predicted molar refractivity (Wildman–Crippen MR) is 124 cm³/mol. The summed E-state index contributed by atoms with van der Waals surface area (Å²) in [7, 11) is 0. The van der Waals surface area contributed by atoms with E-state index in [1.54, 1.807) is 0 Å². The Labute approximate surface area is 182 Å². The Kier molecular flexibility index (Phi) is 6.32. The van der Waals surface area contributed by atoms with Crippen LogP contribution in [0.1, 0.15) is 42.8 Å². The fourth-order valence-corrected chi connectivity index (χ4v) is 3.82. The summed E-state index contributed by atoms with van der Waals surface area (Å²) in [6, 6.07) is 24.7. The number of hydrogen-bond acceptors (Lipinski definition) is 3. The van der Waals surface area contributed by atoms with E-state index in [9.17, 15) is 9.90 Å². The van der Waals surface area contributed by atoms with Crippen molar-refractivity contribution in [3.05, 3.63) is 95.8 Å². The molecule has 1 atom stereocenters. The van der Waals surface area contributed by atoms with E-state index in [-0.39, 0.29) is 0 Å². The molecule has 5 heteroatoms. The summed E-state index contributed by atoms with van der Waals surface area (Å²) in [5, 5.41) is 12.8. The third-order valence-electron chi connectivity index (χ3n) is 5.47. The number of rotatable bonds is 9. The topological polar surface area (TPSA) is 67.2 Å². The Hall–Kier alpha value is -3.60. The Morgan fingerprint density at radius 1 is 1.00 bits per heavy atom. The molecule has 31 heavy (non-hydrogen) atoms. The van der Waals surface area contributed by atoms with Crippen LogP contribution >= 0.6 is 0 Å². The average Bonchev–Trinajstić information content (AvgIpc) is 3.14. The summed E-state index contributed by atoms with van der Waals surface area (Å²) in [6.07, 6.45) is 3.21. The largest absolute Gasteiger partial charge is 0.479 e. The molecule has 1 heterocycles. The summed E-state index contributed by atoms with van der Waals surface area (Å²) < 4.78 is 2.29. The second-order valence-corrected chi connectivity index (χ2v) is 7.73. The lowest BCUT2D eigenvalue weighted by Crippen LogP contribution is -2.20. The lowest BCUT2D eigenvalue weighted by atomic mass is 10.1. The van der Waals surface area contributed by atoms with Crippen LogP contribution in [0.3, 0.4) is 0 Å². The van der Waals surface area contributed by atoms with Crippen LogP contribution in [-0.4, -0.2) is 20.6 Å². The highest BCUT2D eigenvalue weighted by molar-refractivity contribution is 5.79. The Morgan fingerprint density at radius 3 is 2.42 bits per heavy atom. The summed E-state index contributed by atoms with van der Waals surface area (Å²) in [4.78, 5) is 16.6. The first-order valence-electron chi connectivity index (χ1n) is 10.7. The second-order valence-electron chi connectivity index (χ2n) is 7.73. The van der Waals surface area contributed by atoms with Crippen molar-refractivity contribution in [2.24, 2.45) is 0 Å². The standard InChI is InChI=1S/C26H27N3O2/c1-2-3-13-24-28-22-11-7-8-12-23(22)29(24)18-19-14-16-21(17-15-19)27-25(26(30)31)20-9-5-4-6-10-20/h4-12,14-17,25,27H,2-3,13,18H2,1H3,(H,30,31). The van der Waals surface area contributed by atoms with Gasteiger partial charge in [0.05, 0.1) is 11.0 Å². The van der Waals surface area contributed by atoms with Gasteiger partial charge in [-0.1, -0.05) is 67.9 Å². The van der Waals surface area contributed by atoms with Gasteiger partial charge in [0.25, 0.3) is 0 Å². The minimum Gasteiger partial charge on any atom is -0.479 e. The number of aryl methyl sites for hydroxylation is 1. The van der Waals surface area contributed by atoms with Crippen molar-refractivity contribution < 1.29 is 9.90 Å². The van der Waals surface area contributed by atoms with Crippen molar-refractivity contribution in [1.29, 1.82) is 0 Å². The number of nitrogens with one attached hydrogen (secondary N) is 1. The zero-order chi connectivity index (χ0) is 21.6. The fraction of sp³-hybridized carbons (Fsp3) is 0.231. The van der Waals surface area contributed by atoms with Gasteiger partial charge in [0.1, 0.15) is 5.82 Å². The zero-order valence-corrected chi connectivity index (χ0v) is 17.7. The fourth-order valence-electron chi connectivity index (χ4n) is 3.82. The summed E-state index contributed by atoms with van der Waals surface area (Å²) in [6.45, 7) is 2.93. The van der Waals surface area contributed by atoms with Crippen LogP contribution < -0.4 is 5.32 Å². The molecule has 0 saturated heterocycles. The highest BCUT2D eigenvalue weighted by atomic mass is 16.4. The molecule has 0 amide bonds. The molecule has 1 aromatic heterocycles. The van der Waals surface area contributed by atoms with Gasteiger partial charge < -0.3 is 15.0 Å². The highest BCUT2D eigenvalue weighted by Gasteiger charge is 2.19. The van der Waals surface area contributed by atoms with Gasteiger partial charge in [-0.2, -0.15) is 0 Å². The number of imidazole rings is 1. The molecule has 0 spiro atoms. The molecule has 4 aromatic rings. The second kappa shape index (κ2) is 9.47. The number of unbranched alkanes of at least 4 members (excludes halogenated alkanes) is 1. The number of aliphatic carboxylic acids is 1. The maximum Gasteiger partial charge on any atom is 0.330 e. The number of aromatic nitrogens is 2. The number of hydrogen-bond donors (Lipinski definition) is 2. The van der Waals surface area contributed by atoms with Gasteiger partial charge in [0, 0.05) is 18.7 Å². The normalized spacial score (nSPS) is 12.0. The number of benzene rings is 3. The van der Waals surface area contributed by atoms with Crippen molar-refractivity contribution in [1.82, 2.24) is 9.55 Å². The molecule has 0 aliphatic carbocycles. The highest BCUT2D eigenvalue weighted by Crippen LogP contribution is 2.23. The van der Waals surface area contributed by atoms with E-state index in [4.69, 9.17) is 4.98 Å². The van der Waals surface area contributed by atoms with Crippen LogP contribution in [0.25, 0.3) is 11.0 Å². The predicted octanol–water partition coefficient (Wildman–Crippen LogP) is 5.67. The van der Waals surface area contributed by atoms with Crippen molar-refractivity contribution >= 4 is 22.7 Å². The van der Waals surface area contributed by atoms with Gasteiger partial charge in [-0.3, -0.25) is 0 Å². The van der Waals surface area contributed by atoms with Crippen LogP contribution in [0, 0.1) is 0 Å². The van der Waals surface area contributed by atoms with E-state index in [1.807, 2.05) is 66.7 Å². The minimum atomic E-state index is -0.902. The average molecular weight is 414 g/mol. The van der Waals surface area contributed by atoms with Crippen molar-refractivity contribution in [2.75, 3.05) is 5.32 Å². The minimum absolute atomic E-state index is 0.726. The van der Waals surface area contributed by atoms with E-state index in [1.165, 1.54) is 0 Å². The first kappa shape index (κ1) is 20.7. The molecule has 0 saturated carbocycles. The van der Waals surface area contributed by atoms with E-state index in [0.717, 1.165) is 59.5 Å². The number of anilines is 1. The molecule has 0 bridgehead atoms. The maximum absolute atomic E-state index is 11.8. The molecule has 0 radical (unpaired) electrons. The molecule has 0 aliphatic rings. The quantitative estimate of drug-likeness (QED) is 0.371. The molecule has 3 aromatic carbocycles. The van der Waals surface area contributed by atoms with Crippen LogP contribution in [0.4, 0.5) is 5.69 Å². The summed E-state index contributed by atoms with van der Waals surface area (Å²) in [5.41, 5.74) is 4.83. The van der Waals surface area contributed by atoms with Gasteiger partial charge in [0.2, 0.25) is 0 Å². The van der Waals surface area contributed by atoms with Crippen molar-refractivity contribution in [3.63, 3.8) is 0 Å². The zero-order valence-electron chi connectivity index (χ0n) is 17.7. The van der Waals surface area contributed by atoms with E-state index >= 15 is 0 Å². The summed E-state index contributed by atoms with van der Waals surface area (Å²) >= 11 is 0. The molecule has 4 rings (SSSR count). The number of para-hydroxylation sites is 2. The van der Waals surface area contributed by atoms with Crippen molar-refractivity contribution in [3.8, 4) is 0 Å². The van der Waals surface area contributed by atoms with Gasteiger partial charge in [0.15, 0.2) is 6.04 Å². The SMILES string of the molecule is CCCCc1nc2ccccc2n1Cc1ccc(NC(C(=O)O)c2ccccc2)cc1. The lowest BCUT2D eigenvalue weighted by molar-refractivity contribution is -0.138. The first-order valence-corrected chi connectivity index (χ1v) is 10.7. The van der Waals surface area contributed by atoms with Crippen LogP contribution in [0.15, 0.2) is 78.9 Å². The number of carboxylic acid groups (broad SMARTS) is 1. The van der Waals surface area contributed by atoms with Gasteiger partial charge in [-0.05, 0) is 41.8 Å². The Balaban J connectivity index is 1.54. The number of carbonyl (C=O) groups is 1. The van der Waals surface area contributed by atoms with Crippen LogP contribution in [0.2, 0.25) is 0 Å². The summed E-state index contributed by atoms with van der Waals surface area (Å²) in [5.74, 6) is 0.209. The lowest BCUT2D eigenvalue weighted by Gasteiger charge is -2.17.